The maximum Gasteiger partial charge on any atom is 0.337 e. The van der Waals surface area contributed by atoms with Crippen molar-refractivity contribution in [2.45, 2.75) is 25.3 Å². The molecular weight excluding hydrogens is 224 g/mol. The molecule has 1 unspecified atom stereocenters. The van der Waals surface area contributed by atoms with Gasteiger partial charge < -0.3 is 10.8 Å². The number of pyridine rings is 1. The number of aromatic carboxylic acids is 1. The van der Waals surface area contributed by atoms with Crippen molar-refractivity contribution in [3.8, 4) is 0 Å². The molecule has 1 heterocycles. The standard InChI is InChI=1S/C11H16N2O2S/c1-3-7(2)6-16-10-4-8(11(14)15)9(12)5-13-10/h4-5,7H,3,6,12H2,1-2H3,(H,14,15). The maximum atomic E-state index is 10.9. The molecule has 0 radical (unpaired) electrons. The molecule has 0 saturated carbocycles. The van der Waals surface area contributed by atoms with Crippen LogP contribution in [-0.4, -0.2) is 21.8 Å². The van der Waals surface area contributed by atoms with Crippen molar-refractivity contribution in [1.29, 1.82) is 0 Å². The van der Waals surface area contributed by atoms with Crippen LogP contribution in [0.5, 0.6) is 0 Å². The second-order valence-electron chi connectivity index (χ2n) is 3.74. The lowest BCUT2D eigenvalue weighted by molar-refractivity contribution is 0.0697. The Balaban J connectivity index is 2.75. The highest BCUT2D eigenvalue weighted by Gasteiger charge is 2.10. The lowest BCUT2D eigenvalue weighted by Gasteiger charge is -2.08. The van der Waals surface area contributed by atoms with E-state index in [0.717, 1.165) is 12.2 Å². The first kappa shape index (κ1) is 12.8. The number of aromatic nitrogens is 1. The van der Waals surface area contributed by atoms with Crippen LogP contribution in [0.15, 0.2) is 17.3 Å². The summed E-state index contributed by atoms with van der Waals surface area (Å²) in [4.78, 5) is 15.0. The second kappa shape index (κ2) is 5.75. The summed E-state index contributed by atoms with van der Waals surface area (Å²) in [6.45, 7) is 4.28. The van der Waals surface area contributed by atoms with Gasteiger partial charge in [-0.05, 0) is 12.0 Å². The largest absolute Gasteiger partial charge is 0.478 e. The Morgan fingerprint density at radius 2 is 2.38 bits per heavy atom. The molecule has 0 fully saturated rings. The van der Waals surface area contributed by atoms with E-state index in [9.17, 15) is 4.79 Å². The molecule has 0 aliphatic carbocycles. The topological polar surface area (TPSA) is 76.2 Å². The van der Waals surface area contributed by atoms with E-state index < -0.39 is 5.97 Å². The highest BCUT2D eigenvalue weighted by molar-refractivity contribution is 7.99. The van der Waals surface area contributed by atoms with Gasteiger partial charge in [0.2, 0.25) is 0 Å². The van der Waals surface area contributed by atoms with Gasteiger partial charge in [-0.15, -0.1) is 11.8 Å². The van der Waals surface area contributed by atoms with E-state index in [1.807, 2.05) is 0 Å². The van der Waals surface area contributed by atoms with Gasteiger partial charge in [0.1, 0.15) is 0 Å². The highest BCUT2D eigenvalue weighted by atomic mass is 32.2. The molecule has 0 aliphatic heterocycles. The van der Waals surface area contributed by atoms with Gasteiger partial charge in [-0.2, -0.15) is 0 Å². The van der Waals surface area contributed by atoms with E-state index in [2.05, 4.69) is 18.8 Å². The number of carbonyl (C=O) groups is 1. The number of hydrogen-bond donors (Lipinski definition) is 2. The summed E-state index contributed by atoms with van der Waals surface area (Å²) in [7, 11) is 0. The number of nitrogens with two attached hydrogens (primary N) is 1. The molecule has 0 bridgehead atoms. The van der Waals surface area contributed by atoms with E-state index in [1.165, 1.54) is 12.3 Å². The molecular formula is C11H16N2O2S. The van der Waals surface area contributed by atoms with Crippen LogP contribution in [0.25, 0.3) is 0 Å². The summed E-state index contributed by atoms with van der Waals surface area (Å²) in [5.41, 5.74) is 5.86. The van der Waals surface area contributed by atoms with Gasteiger partial charge in [0.15, 0.2) is 0 Å². The van der Waals surface area contributed by atoms with Crippen LogP contribution in [0, 0.1) is 5.92 Å². The molecule has 5 heteroatoms. The molecule has 1 rings (SSSR count). The second-order valence-corrected chi connectivity index (χ2v) is 4.78. The molecule has 16 heavy (non-hydrogen) atoms. The number of hydrogen-bond acceptors (Lipinski definition) is 4. The SMILES string of the molecule is CCC(C)CSc1cc(C(=O)O)c(N)cn1. The van der Waals surface area contributed by atoms with Crippen LogP contribution in [-0.2, 0) is 0 Å². The monoisotopic (exact) mass is 240 g/mol. The van der Waals surface area contributed by atoms with Gasteiger partial charge >= 0.3 is 5.97 Å². The van der Waals surface area contributed by atoms with Gasteiger partial charge in [0.25, 0.3) is 0 Å². The van der Waals surface area contributed by atoms with Crippen molar-refractivity contribution in [3.63, 3.8) is 0 Å². The van der Waals surface area contributed by atoms with Crippen LogP contribution >= 0.6 is 11.8 Å². The predicted molar refractivity (Wildman–Crippen MR) is 65.8 cm³/mol. The van der Waals surface area contributed by atoms with E-state index in [0.29, 0.717) is 10.9 Å². The van der Waals surface area contributed by atoms with Crippen LogP contribution in [0.3, 0.4) is 0 Å². The Morgan fingerprint density at radius 3 is 2.94 bits per heavy atom. The summed E-state index contributed by atoms with van der Waals surface area (Å²) in [6, 6.07) is 1.53. The number of carboxylic acids is 1. The first-order valence-electron chi connectivity index (χ1n) is 5.16. The smallest absolute Gasteiger partial charge is 0.337 e. The molecule has 0 saturated heterocycles. The third-order valence-corrected chi connectivity index (χ3v) is 3.61. The van der Waals surface area contributed by atoms with Crippen LogP contribution < -0.4 is 5.73 Å². The Labute approximate surface area is 99.3 Å². The molecule has 1 aromatic heterocycles. The van der Waals surface area contributed by atoms with Crippen molar-refractivity contribution in [3.05, 3.63) is 17.8 Å². The summed E-state index contributed by atoms with van der Waals surface area (Å²) in [5.74, 6) is 0.523. The van der Waals surface area contributed by atoms with Gasteiger partial charge in [-0.25, -0.2) is 9.78 Å². The quantitative estimate of drug-likeness (QED) is 0.773. The highest BCUT2D eigenvalue weighted by Crippen LogP contribution is 2.23. The third-order valence-electron chi connectivity index (χ3n) is 2.35. The number of rotatable bonds is 5. The zero-order chi connectivity index (χ0) is 12.1. The van der Waals surface area contributed by atoms with E-state index >= 15 is 0 Å². The van der Waals surface area contributed by atoms with Crippen molar-refractivity contribution >= 4 is 23.4 Å². The van der Waals surface area contributed by atoms with Gasteiger partial charge in [-0.3, -0.25) is 0 Å². The molecule has 3 N–H and O–H groups in total. The Bertz CT molecular complexity index is 382. The average molecular weight is 240 g/mol. The molecule has 0 amide bonds. The molecule has 88 valence electrons. The fraction of sp³-hybridized carbons (Fsp3) is 0.455. The normalized spacial score (nSPS) is 12.4. The zero-order valence-electron chi connectivity index (χ0n) is 9.43. The lowest BCUT2D eigenvalue weighted by atomic mass is 10.2. The molecule has 1 atom stereocenters. The summed E-state index contributed by atoms with van der Waals surface area (Å²) < 4.78 is 0. The number of carboxylic acid groups (broad SMARTS) is 1. The summed E-state index contributed by atoms with van der Waals surface area (Å²) in [6.07, 6.45) is 2.51. The van der Waals surface area contributed by atoms with Gasteiger partial charge in [0.05, 0.1) is 22.5 Å². The predicted octanol–water partition coefficient (Wildman–Crippen LogP) is 2.50. The number of thioether (sulfide) groups is 1. The van der Waals surface area contributed by atoms with E-state index in [1.54, 1.807) is 11.8 Å². The van der Waals surface area contributed by atoms with Crippen molar-refractivity contribution in [1.82, 2.24) is 4.98 Å². The minimum atomic E-state index is -1.01. The Kier molecular flexibility index (Phi) is 4.61. The molecule has 0 aromatic carbocycles. The van der Waals surface area contributed by atoms with Crippen molar-refractivity contribution in [2.75, 3.05) is 11.5 Å². The third kappa shape index (κ3) is 3.41. The van der Waals surface area contributed by atoms with Gasteiger partial charge in [-0.1, -0.05) is 20.3 Å². The van der Waals surface area contributed by atoms with Gasteiger partial charge in [0, 0.05) is 5.75 Å². The van der Waals surface area contributed by atoms with Crippen molar-refractivity contribution in [2.24, 2.45) is 5.92 Å². The van der Waals surface area contributed by atoms with Crippen LogP contribution in [0.1, 0.15) is 30.6 Å². The van der Waals surface area contributed by atoms with Crippen LogP contribution in [0.4, 0.5) is 5.69 Å². The maximum absolute atomic E-state index is 10.9. The lowest BCUT2D eigenvalue weighted by Crippen LogP contribution is -2.04. The summed E-state index contributed by atoms with van der Waals surface area (Å²) in [5, 5.41) is 9.61. The number of nitrogens with zero attached hydrogens (tertiary/aromatic N) is 1. The minimum Gasteiger partial charge on any atom is -0.478 e. The molecule has 4 nitrogen and oxygen atoms in total. The molecule has 0 spiro atoms. The Morgan fingerprint density at radius 1 is 1.69 bits per heavy atom. The Hall–Kier alpha value is -1.23. The first-order valence-corrected chi connectivity index (χ1v) is 6.14. The fourth-order valence-corrected chi connectivity index (χ4v) is 2.08. The van der Waals surface area contributed by atoms with E-state index in [-0.39, 0.29) is 11.3 Å². The zero-order valence-corrected chi connectivity index (χ0v) is 10.3. The molecule has 0 aliphatic rings. The fourth-order valence-electron chi connectivity index (χ4n) is 1.06. The average Bonchev–Trinajstić information content (AvgIpc) is 2.27. The minimum absolute atomic E-state index is 0.127. The van der Waals surface area contributed by atoms with Crippen LogP contribution in [0.2, 0.25) is 0 Å². The molecule has 1 aromatic rings. The van der Waals surface area contributed by atoms with E-state index in [4.69, 9.17) is 10.8 Å². The first-order chi connectivity index (χ1) is 7.54. The number of anilines is 1. The van der Waals surface area contributed by atoms with Crippen molar-refractivity contribution < 1.29 is 9.90 Å². The summed E-state index contributed by atoms with van der Waals surface area (Å²) >= 11 is 1.56. The number of nitrogen functional groups attached to an aromatic ring is 1.